The van der Waals surface area contributed by atoms with Crippen molar-refractivity contribution in [1.82, 2.24) is 9.78 Å². The quantitative estimate of drug-likeness (QED) is 0.787. The molecule has 0 radical (unpaired) electrons. The lowest BCUT2D eigenvalue weighted by Crippen LogP contribution is -2.34. The van der Waals surface area contributed by atoms with Crippen LogP contribution < -0.4 is 0 Å². The highest BCUT2D eigenvalue weighted by atomic mass is 79.9. The van der Waals surface area contributed by atoms with E-state index in [4.69, 9.17) is 16.3 Å². The number of aromatic nitrogens is 2. The lowest BCUT2D eigenvalue weighted by atomic mass is 9.79. The van der Waals surface area contributed by atoms with Gasteiger partial charge in [-0.15, -0.1) is 11.6 Å². The van der Waals surface area contributed by atoms with Gasteiger partial charge in [0, 0.05) is 24.4 Å². The van der Waals surface area contributed by atoms with Gasteiger partial charge in [0.05, 0.1) is 22.0 Å². The Hall–Kier alpha value is -0.0600. The minimum Gasteiger partial charge on any atom is -0.378 e. The third-order valence-corrected chi connectivity index (χ3v) is 5.63. The highest BCUT2D eigenvalue weighted by molar-refractivity contribution is 9.10. The molecule has 0 saturated carbocycles. The van der Waals surface area contributed by atoms with Gasteiger partial charge >= 0.3 is 0 Å². The van der Waals surface area contributed by atoms with Crippen LogP contribution in [-0.4, -0.2) is 28.4 Å². The first kappa shape index (κ1) is 14.4. The third-order valence-electron chi connectivity index (χ3n) is 4.07. The first-order chi connectivity index (χ1) is 8.54. The Labute approximate surface area is 122 Å². The number of hydrogen-bond donors (Lipinski definition) is 0. The fourth-order valence-corrected chi connectivity index (χ4v) is 3.51. The predicted molar refractivity (Wildman–Crippen MR) is 77.2 cm³/mol. The Bertz CT molecular complexity index is 435. The van der Waals surface area contributed by atoms with Gasteiger partial charge in [0.1, 0.15) is 0 Å². The first-order valence-electron chi connectivity index (χ1n) is 6.43. The summed E-state index contributed by atoms with van der Waals surface area (Å²) in [6, 6.07) is 0. The number of ether oxygens (including phenoxy) is 1. The Kier molecular flexibility index (Phi) is 4.40. The van der Waals surface area contributed by atoms with E-state index in [2.05, 4.69) is 39.6 Å². The molecule has 2 unspecified atom stereocenters. The summed E-state index contributed by atoms with van der Waals surface area (Å²) < 4.78 is 8.91. The topological polar surface area (TPSA) is 27.1 Å². The average molecular weight is 336 g/mol. The van der Waals surface area contributed by atoms with E-state index >= 15 is 0 Å². The molecule has 102 valence electrons. The van der Waals surface area contributed by atoms with Crippen LogP contribution in [0.4, 0.5) is 0 Å². The van der Waals surface area contributed by atoms with E-state index in [9.17, 15) is 0 Å². The van der Waals surface area contributed by atoms with Gasteiger partial charge in [-0.05, 0) is 49.5 Å². The van der Waals surface area contributed by atoms with E-state index in [0.717, 1.165) is 36.2 Å². The van der Waals surface area contributed by atoms with Crippen LogP contribution in [0.5, 0.6) is 0 Å². The SMILES string of the molecule is CCn1nc(C)c(Br)c1CC1(CCl)CCOC1C. The van der Waals surface area contributed by atoms with Gasteiger partial charge in [0.25, 0.3) is 0 Å². The molecule has 0 amide bonds. The zero-order valence-electron chi connectivity index (χ0n) is 11.2. The van der Waals surface area contributed by atoms with Gasteiger partial charge in [-0.25, -0.2) is 0 Å². The molecule has 2 heterocycles. The van der Waals surface area contributed by atoms with E-state index in [1.807, 2.05) is 6.92 Å². The second-order valence-electron chi connectivity index (χ2n) is 5.10. The monoisotopic (exact) mass is 334 g/mol. The van der Waals surface area contributed by atoms with Gasteiger partial charge in [-0.3, -0.25) is 4.68 Å². The largest absolute Gasteiger partial charge is 0.378 e. The second-order valence-corrected chi connectivity index (χ2v) is 6.16. The van der Waals surface area contributed by atoms with E-state index in [1.54, 1.807) is 0 Å². The van der Waals surface area contributed by atoms with Gasteiger partial charge in [0.15, 0.2) is 0 Å². The van der Waals surface area contributed by atoms with Crippen molar-refractivity contribution in [2.24, 2.45) is 5.41 Å². The summed E-state index contributed by atoms with van der Waals surface area (Å²) in [5.74, 6) is 0.633. The Morgan fingerprint density at radius 2 is 2.33 bits per heavy atom. The third kappa shape index (κ3) is 2.35. The number of nitrogens with zero attached hydrogens (tertiary/aromatic N) is 2. The zero-order valence-corrected chi connectivity index (χ0v) is 13.5. The maximum absolute atomic E-state index is 6.24. The van der Waals surface area contributed by atoms with Crippen molar-refractivity contribution in [2.45, 2.75) is 46.3 Å². The maximum atomic E-state index is 6.24. The molecular weight excluding hydrogens is 316 g/mol. The van der Waals surface area contributed by atoms with Crippen LogP contribution in [0.2, 0.25) is 0 Å². The standard InChI is InChI=1S/C13H20BrClN2O/c1-4-17-11(12(14)9(2)16-17)7-13(8-15)5-6-18-10(13)3/h10H,4-8H2,1-3H3. The summed E-state index contributed by atoms with van der Waals surface area (Å²) in [6.45, 7) is 7.97. The normalized spacial score (nSPS) is 27.9. The number of hydrogen-bond acceptors (Lipinski definition) is 2. The van der Waals surface area contributed by atoms with Crippen molar-refractivity contribution < 1.29 is 4.74 Å². The molecule has 0 aliphatic carbocycles. The number of rotatable bonds is 4. The molecule has 18 heavy (non-hydrogen) atoms. The summed E-state index contributed by atoms with van der Waals surface area (Å²) in [7, 11) is 0. The van der Waals surface area contributed by atoms with Gasteiger partial charge in [-0.2, -0.15) is 5.10 Å². The number of halogens is 2. The number of alkyl halides is 1. The molecule has 1 saturated heterocycles. The van der Waals surface area contributed by atoms with Crippen molar-refractivity contribution in [3.05, 3.63) is 15.9 Å². The van der Waals surface area contributed by atoms with Gasteiger partial charge in [-0.1, -0.05) is 0 Å². The van der Waals surface area contributed by atoms with E-state index < -0.39 is 0 Å². The fraction of sp³-hybridized carbons (Fsp3) is 0.769. The van der Waals surface area contributed by atoms with E-state index in [0.29, 0.717) is 5.88 Å². The smallest absolute Gasteiger partial charge is 0.0738 e. The Balaban J connectivity index is 2.33. The van der Waals surface area contributed by atoms with Crippen molar-refractivity contribution in [3.63, 3.8) is 0 Å². The van der Waals surface area contributed by atoms with Crippen LogP contribution >= 0.6 is 27.5 Å². The van der Waals surface area contributed by atoms with Crippen LogP contribution in [0, 0.1) is 12.3 Å². The van der Waals surface area contributed by atoms with Crippen molar-refractivity contribution in [1.29, 1.82) is 0 Å². The molecule has 1 fully saturated rings. The summed E-state index contributed by atoms with van der Waals surface area (Å²) in [4.78, 5) is 0. The molecule has 1 aromatic rings. The van der Waals surface area contributed by atoms with Crippen LogP contribution in [0.3, 0.4) is 0 Å². The molecule has 2 atom stereocenters. The van der Waals surface area contributed by atoms with Crippen LogP contribution in [0.1, 0.15) is 31.7 Å². The lowest BCUT2D eigenvalue weighted by Gasteiger charge is -2.30. The molecular formula is C13H20BrClN2O. The van der Waals surface area contributed by atoms with Crippen LogP contribution in [0.15, 0.2) is 4.47 Å². The summed E-state index contributed by atoms with van der Waals surface area (Å²) in [5, 5.41) is 4.55. The predicted octanol–water partition coefficient (Wildman–Crippen LogP) is 3.55. The molecule has 5 heteroatoms. The molecule has 3 nitrogen and oxygen atoms in total. The molecule has 0 bridgehead atoms. The molecule has 1 aromatic heterocycles. The van der Waals surface area contributed by atoms with Gasteiger partial charge < -0.3 is 4.74 Å². The Morgan fingerprint density at radius 1 is 1.61 bits per heavy atom. The molecule has 0 spiro atoms. The second kappa shape index (κ2) is 5.51. The minimum absolute atomic E-state index is 0.0451. The van der Waals surface area contributed by atoms with Crippen molar-refractivity contribution >= 4 is 27.5 Å². The summed E-state index contributed by atoms with van der Waals surface area (Å²) >= 11 is 9.89. The van der Waals surface area contributed by atoms with Crippen molar-refractivity contribution in [3.8, 4) is 0 Å². The molecule has 2 rings (SSSR count). The van der Waals surface area contributed by atoms with Crippen LogP contribution in [0.25, 0.3) is 0 Å². The highest BCUT2D eigenvalue weighted by Gasteiger charge is 2.42. The zero-order chi connectivity index (χ0) is 13.3. The minimum atomic E-state index is 0.0451. The lowest BCUT2D eigenvalue weighted by molar-refractivity contribution is 0.0726. The average Bonchev–Trinajstić information content (AvgIpc) is 2.85. The number of aryl methyl sites for hydroxylation is 2. The fourth-order valence-electron chi connectivity index (χ4n) is 2.65. The molecule has 0 aromatic carbocycles. The molecule has 0 N–H and O–H groups in total. The van der Waals surface area contributed by atoms with Crippen molar-refractivity contribution in [2.75, 3.05) is 12.5 Å². The molecule has 1 aliphatic rings. The summed E-state index contributed by atoms with van der Waals surface area (Å²) in [6.07, 6.45) is 2.16. The highest BCUT2D eigenvalue weighted by Crippen LogP contribution is 2.41. The van der Waals surface area contributed by atoms with E-state index in [1.165, 1.54) is 5.69 Å². The Morgan fingerprint density at radius 3 is 2.83 bits per heavy atom. The van der Waals surface area contributed by atoms with E-state index in [-0.39, 0.29) is 11.5 Å². The molecule has 1 aliphatic heterocycles. The van der Waals surface area contributed by atoms with Crippen LogP contribution in [-0.2, 0) is 17.7 Å². The summed E-state index contributed by atoms with van der Waals surface area (Å²) in [5.41, 5.74) is 2.33. The van der Waals surface area contributed by atoms with Gasteiger partial charge in [0.2, 0.25) is 0 Å². The maximum Gasteiger partial charge on any atom is 0.0738 e. The first-order valence-corrected chi connectivity index (χ1v) is 7.76.